The van der Waals surface area contributed by atoms with Crippen molar-refractivity contribution in [2.45, 2.75) is 82.4 Å². The average Bonchev–Trinajstić information content (AvgIpc) is 3.32. The van der Waals surface area contributed by atoms with Crippen LogP contribution in [0.5, 0.6) is 17.2 Å². The normalized spacial score (nSPS) is 21.6. The number of nitrogens with one attached hydrogen (secondary N) is 2. The predicted octanol–water partition coefficient (Wildman–Crippen LogP) is 7.48. The van der Waals surface area contributed by atoms with Gasteiger partial charge in [-0.1, -0.05) is 54.6 Å². The first-order chi connectivity index (χ1) is 30.8. The van der Waals surface area contributed by atoms with E-state index in [0.717, 1.165) is 112 Å². The van der Waals surface area contributed by atoms with Gasteiger partial charge in [-0.05, 0) is 111 Å². The first-order valence-corrected chi connectivity index (χ1v) is 22.7. The third-order valence-corrected chi connectivity index (χ3v) is 12.5. The van der Waals surface area contributed by atoms with E-state index >= 15 is 0 Å². The molecule has 0 spiro atoms. The lowest BCUT2D eigenvalue weighted by molar-refractivity contribution is -0.132. The van der Waals surface area contributed by atoms with E-state index in [9.17, 15) is 4.79 Å². The maximum atomic E-state index is 13.0. The number of methoxy groups -OCH3 is 3. The molecule has 2 fully saturated rings. The first kappa shape index (κ1) is 46.3. The Morgan fingerprint density at radius 1 is 0.698 bits per heavy atom. The second-order valence-electron chi connectivity index (χ2n) is 17.3. The van der Waals surface area contributed by atoms with Gasteiger partial charge in [0.15, 0.2) is 5.60 Å². The monoisotopic (exact) mass is 865 g/mol. The predicted molar refractivity (Wildman–Crippen MR) is 248 cm³/mol. The summed E-state index contributed by atoms with van der Waals surface area (Å²) < 4.78 is 40.5. The lowest BCUT2D eigenvalue weighted by Gasteiger charge is -2.39. The fourth-order valence-corrected chi connectivity index (χ4v) is 9.06. The van der Waals surface area contributed by atoms with E-state index in [1.807, 2.05) is 49.1 Å². The molecule has 0 saturated carbocycles. The summed E-state index contributed by atoms with van der Waals surface area (Å²) in [5.74, 6) is 3.33. The zero-order valence-corrected chi connectivity index (χ0v) is 37.9. The van der Waals surface area contributed by atoms with Crippen LogP contribution in [0.25, 0.3) is 0 Å². The van der Waals surface area contributed by atoms with Gasteiger partial charge in [0.25, 0.3) is 5.91 Å². The molecule has 0 radical (unpaired) electrons. The van der Waals surface area contributed by atoms with Gasteiger partial charge in [0.1, 0.15) is 23.9 Å². The highest BCUT2D eigenvalue weighted by Crippen LogP contribution is 2.39. The maximum absolute atomic E-state index is 13.0. The Morgan fingerprint density at radius 3 is 1.90 bits per heavy atom. The molecule has 12 nitrogen and oxygen atoms in total. The Labute approximate surface area is 374 Å². The minimum atomic E-state index is -0.880. The minimum Gasteiger partial charge on any atom is -0.497 e. The number of carbonyl (C=O) groups excluding carboxylic acids is 1. The highest BCUT2D eigenvalue weighted by molar-refractivity contribution is 6.02. The summed E-state index contributed by atoms with van der Waals surface area (Å²) in [6.45, 7) is 13.0. The molecule has 0 bridgehead atoms. The van der Waals surface area contributed by atoms with Crippen LogP contribution in [0.2, 0.25) is 0 Å². The Morgan fingerprint density at radius 2 is 1.29 bits per heavy atom. The van der Waals surface area contributed by atoms with Gasteiger partial charge in [0.2, 0.25) is 0 Å². The number of ether oxygens (including phenoxy) is 7. The third kappa shape index (κ3) is 12.1. The molecule has 0 aliphatic carbocycles. The molecule has 4 atom stereocenters. The van der Waals surface area contributed by atoms with E-state index in [4.69, 9.17) is 33.2 Å². The van der Waals surface area contributed by atoms with Crippen molar-refractivity contribution in [3.63, 3.8) is 0 Å². The molecule has 4 aromatic rings. The van der Waals surface area contributed by atoms with Gasteiger partial charge in [0.05, 0.1) is 50.5 Å². The van der Waals surface area contributed by atoms with Crippen molar-refractivity contribution in [1.82, 2.24) is 10.6 Å². The highest BCUT2D eigenvalue weighted by atomic mass is 16.5. The molecule has 12 heteroatoms. The van der Waals surface area contributed by atoms with Gasteiger partial charge in [-0.3, -0.25) is 4.79 Å². The van der Waals surface area contributed by atoms with E-state index in [0.29, 0.717) is 38.2 Å². The molecule has 1 amide bonds. The number of amides is 1. The topological polar surface area (TPSA) is 112 Å². The van der Waals surface area contributed by atoms with Crippen LogP contribution in [0.1, 0.15) is 73.6 Å². The van der Waals surface area contributed by atoms with Crippen molar-refractivity contribution in [3.05, 3.63) is 113 Å². The lowest BCUT2D eigenvalue weighted by atomic mass is 9.87. The van der Waals surface area contributed by atoms with Crippen LogP contribution in [0.15, 0.2) is 91.0 Å². The van der Waals surface area contributed by atoms with Crippen molar-refractivity contribution in [1.29, 1.82) is 0 Å². The van der Waals surface area contributed by atoms with Crippen LogP contribution in [-0.4, -0.2) is 111 Å². The van der Waals surface area contributed by atoms with Gasteiger partial charge in [-0.2, -0.15) is 0 Å². The van der Waals surface area contributed by atoms with E-state index in [1.54, 1.807) is 21.3 Å². The first-order valence-electron chi connectivity index (χ1n) is 22.7. The Kier molecular flexibility index (Phi) is 16.7. The summed E-state index contributed by atoms with van der Waals surface area (Å²) in [4.78, 5) is 17.3. The zero-order chi connectivity index (χ0) is 44.0. The summed E-state index contributed by atoms with van der Waals surface area (Å²) in [5, 5.41) is 6.95. The molecular weight excluding hydrogens is 797 g/mol. The van der Waals surface area contributed by atoms with Crippen LogP contribution < -0.4 is 34.6 Å². The second-order valence-corrected chi connectivity index (χ2v) is 17.3. The largest absolute Gasteiger partial charge is 0.497 e. The third-order valence-electron chi connectivity index (χ3n) is 12.5. The van der Waals surface area contributed by atoms with Gasteiger partial charge in [-0.15, -0.1) is 0 Å². The van der Waals surface area contributed by atoms with Crippen LogP contribution >= 0.6 is 0 Å². The van der Waals surface area contributed by atoms with Crippen LogP contribution in [0, 0.1) is 0 Å². The summed E-state index contributed by atoms with van der Waals surface area (Å²) in [7, 11) is 5.13. The van der Waals surface area contributed by atoms with Crippen molar-refractivity contribution in [2.75, 3.05) is 96.8 Å². The number of hydrogen-bond acceptors (Lipinski definition) is 11. The highest BCUT2D eigenvalue weighted by Gasteiger charge is 2.41. The van der Waals surface area contributed by atoms with E-state index < -0.39 is 5.60 Å². The minimum absolute atomic E-state index is 0.0280. The molecule has 2 N–H and O–H groups in total. The molecule has 0 aromatic heterocycles. The number of anilines is 2. The standard InChI is InChI=1S/C26H34N2O4.C25H34N2O4/c1-26(2)25(29)28(14-7-15-30-3)22-16-19(10-11-23(22)32-26)18-31-24-17-27-13-12-21(24)20-8-5-4-6-9-20;1-28-14-3-12-27-13-15-30-24-9-4-19(16-23(24)27)18-31-25-17-26-11-10-22(25)20-5-7-21(29-2)8-6-20/h4-6,8-11,16,21,24,27H,7,12-15,17-18H2,1-3H3;4-9,16,22,25-26H,3,10-15,17-18H2,1-2H3/t21-,24+;22-,25+/m11/s1. The SMILES string of the molecule is COCCCN1C(=O)C(C)(C)Oc2ccc(CO[C@H]3CNCC[C@@H]3c3ccccc3)cc21.COCCCN1CCOc2ccc(CO[C@H]3CNCC[C@@H]3c3ccc(OC)cc3)cc21. The van der Waals surface area contributed by atoms with Gasteiger partial charge >= 0.3 is 0 Å². The Hall–Kier alpha value is -4.69. The van der Waals surface area contributed by atoms with E-state index in [-0.39, 0.29) is 18.1 Å². The Balaban J connectivity index is 0.000000189. The number of carbonyl (C=O) groups is 1. The maximum Gasteiger partial charge on any atom is 0.270 e. The number of benzene rings is 4. The van der Waals surface area contributed by atoms with Crippen LogP contribution in [-0.2, 0) is 37.0 Å². The molecule has 8 rings (SSSR count). The van der Waals surface area contributed by atoms with Gasteiger partial charge < -0.3 is 53.6 Å². The van der Waals surface area contributed by atoms with Crippen LogP contribution in [0.4, 0.5) is 11.4 Å². The molecule has 4 aliphatic rings. The molecule has 340 valence electrons. The molecule has 4 aliphatic heterocycles. The van der Waals surface area contributed by atoms with Gasteiger partial charge in [0, 0.05) is 65.4 Å². The summed E-state index contributed by atoms with van der Waals surface area (Å²) in [6, 6.07) is 31.5. The van der Waals surface area contributed by atoms with E-state index in [1.165, 1.54) is 16.7 Å². The molecule has 63 heavy (non-hydrogen) atoms. The molecule has 0 unspecified atom stereocenters. The Bertz CT molecular complexity index is 2030. The lowest BCUT2D eigenvalue weighted by Crippen LogP contribution is -2.52. The summed E-state index contributed by atoms with van der Waals surface area (Å²) in [5.41, 5.74) is 5.96. The number of nitrogens with zero attached hydrogens (tertiary/aromatic N) is 2. The number of fused-ring (bicyclic) bond motifs is 2. The zero-order valence-electron chi connectivity index (χ0n) is 37.9. The summed E-state index contributed by atoms with van der Waals surface area (Å²) >= 11 is 0. The van der Waals surface area contributed by atoms with Crippen molar-refractivity contribution < 1.29 is 38.0 Å². The average molecular weight is 865 g/mol. The molecule has 2 saturated heterocycles. The van der Waals surface area contributed by atoms with Crippen molar-refractivity contribution in [2.24, 2.45) is 0 Å². The van der Waals surface area contributed by atoms with Crippen LogP contribution in [0.3, 0.4) is 0 Å². The number of rotatable bonds is 17. The fourth-order valence-electron chi connectivity index (χ4n) is 9.06. The second kappa shape index (κ2) is 22.8. The quantitative estimate of drug-likeness (QED) is 0.103. The molecule has 4 heterocycles. The smallest absolute Gasteiger partial charge is 0.270 e. The fraction of sp³-hybridized carbons (Fsp3) is 0.510. The molecular formula is C51H68N4O8. The number of hydrogen-bond donors (Lipinski definition) is 2. The summed E-state index contributed by atoms with van der Waals surface area (Å²) in [6.07, 6.45) is 4.16. The van der Waals surface area contributed by atoms with Crippen molar-refractivity contribution >= 4 is 17.3 Å². The van der Waals surface area contributed by atoms with Crippen molar-refractivity contribution in [3.8, 4) is 17.2 Å². The van der Waals surface area contributed by atoms with E-state index in [2.05, 4.69) is 76.2 Å². The molecule has 4 aromatic carbocycles. The number of piperidine rings is 2. The van der Waals surface area contributed by atoms with Gasteiger partial charge in [-0.25, -0.2) is 0 Å².